The molecular weight excluding hydrogens is 232 g/mol. The van der Waals surface area contributed by atoms with E-state index in [0.29, 0.717) is 24.1 Å². The first kappa shape index (κ1) is 12.9. The summed E-state index contributed by atoms with van der Waals surface area (Å²) in [7, 11) is 1.53. The largest absolute Gasteiger partial charge is 0.489 e. The second-order valence-electron chi connectivity index (χ2n) is 4.35. The first-order valence-corrected chi connectivity index (χ1v) is 6.31. The maximum Gasteiger partial charge on any atom is 0.262 e. The third-order valence-electron chi connectivity index (χ3n) is 3.10. The number of rotatable bonds is 5. The van der Waals surface area contributed by atoms with Gasteiger partial charge in [-0.15, -0.1) is 0 Å². The molecule has 1 aromatic rings. The van der Waals surface area contributed by atoms with Crippen LogP contribution in [0.25, 0.3) is 0 Å². The monoisotopic (exact) mass is 252 g/mol. The summed E-state index contributed by atoms with van der Waals surface area (Å²) in [4.78, 5) is 10.3. The van der Waals surface area contributed by atoms with Gasteiger partial charge in [0.1, 0.15) is 12.9 Å². The Labute approximate surface area is 107 Å². The van der Waals surface area contributed by atoms with Crippen molar-refractivity contribution < 1.29 is 9.47 Å². The van der Waals surface area contributed by atoms with Crippen molar-refractivity contribution in [3.63, 3.8) is 0 Å². The van der Waals surface area contributed by atoms with Crippen molar-refractivity contribution >= 4 is 5.82 Å². The van der Waals surface area contributed by atoms with Gasteiger partial charge < -0.3 is 15.2 Å². The van der Waals surface area contributed by atoms with E-state index in [-0.39, 0.29) is 0 Å². The molecule has 2 N–H and O–H groups in total. The molecule has 6 heteroatoms. The van der Waals surface area contributed by atoms with Crippen molar-refractivity contribution in [3.05, 3.63) is 6.33 Å². The second-order valence-corrected chi connectivity index (χ2v) is 4.35. The predicted octanol–water partition coefficient (Wildman–Crippen LogP) is 0.932. The van der Waals surface area contributed by atoms with Crippen LogP contribution in [-0.4, -0.2) is 48.2 Å². The number of nitrogens with two attached hydrogens (primary N) is 1. The Balaban J connectivity index is 1.84. The quantitative estimate of drug-likeness (QED) is 0.840. The summed E-state index contributed by atoms with van der Waals surface area (Å²) in [5.41, 5.74) is 5.68. The lowest BCUT2D eigenvalue weighted by Crippen LogP contribution is -2.33. The van der Waals surface area contributed by atoms with Crippen molar-refractivity contribution in [2.45, 2.75) is 19.3 Å². The van der Waals surface area contributed by atoms with Crippen LogP contribution in [-0.2, 0) is 0 Å². The molecule has 1 fully saturated rings. The molecule has 0 amide bonds. The molecule has 0 saturated carbocycles. The molecule has 2 rings (SSSR count). The van der Waals surface area contributed by atoms with Gasteiger partial charge in [0.25, 0.3) is 5.88 Å². The Kier molecular flexibility index (Phi) is 4.58. The Hall–Kier alpha value is -1.56. The molecule has 2 heterocycles. The summed E-state index contributed by atoms with van der Waals surface area (Å²) in [6.07, 6.45) is 5.29. The van der Waals surface area contributed by atoms with E-state index in [9.17, 15) is 0 Å². The van der Waals surface area contributed by atoms with Crippen LogP contribution in [0.1, 0.15) is 19.3 Å². The number of aromatic nitrogens is 2. The summed E-state index contributed by atoms with van der Waals surface area (Å²) < 4.78 is 10.7. The summed E-state index contributed by atoms with van der Waals surface area (Å²) in [5, 5.41) is 0. The highest BCUT2D eigenvalue weighted by Gasteiger charge is 2.13. The summed E-state index contributed by atoms with van der Waals surface area (Å²) >= 11 is 0. The smallest absolute Gasteiger partial charge is 0.262 e. The van der Waals surface area contributed by atoms with Gasteiger partial charge in [0, 0.05) is 6.54 Å². The number of methoxy groups -OCH3 is 1. The molecule has 0 unspecified atom stereocenters. The average molecular weight is 252 g/mol. The van der Waals surface area contributed by atoms with Crippen LogP contribution in [0.5, 0.6) is 11.6 Å². The lowest BCUT2D eigenvalue weighted by molar-refractivity contribution is 0.177. The molecule has 0 radical (unpaired) electrons. The minimum absolute atomic E-state index is 0.306. The predicted molar refractivity (Wildman–Crippen MR) is 68.8 cm³/mol. The Morgan fingerprint density at radius 3 is 2.78 bits per heavy atom. The van der Waals surface area contributed by atoms with Crippen LogP contribution in [0.4, 0.5) is 5.82 Å². The number of piperidine rings is 1. The highest BCUT2D eigenvalue weighted by molar-refractivity contribution is 5.51. The van der Waals surface area contributed by atoms with E-state index in [1.165, 1.54) is 32.7 Å². The molecule has 1 saturated heterocycles. The van der Waals surface area contributed by atoms with Crippen molar-refractivity contribution in [1.29, 1.82) is 0 Å². The molecule has 6 nitrogen and oxygen atoms in total. The van der Waals surface area contributed by atoms with Gasteiger partial charge in [-0.2, -0.15) is 4.98 Å². The van der Waals surface area contributed by atoms with Crippen LogP contribution in [0.3, 0.4) is 0 Å². The van der Waals surface area contributed by atoms with Crippen molar-refractivity contribution in [2.75, 3.05) is 39.1 Å². The van der Waals surface area contributed by atoms with Gasteiger partial charge in [-0.3, -0.25) is 4.90 Å². The summed E-state index contributed by atoms with van der Waals surface area (Å²) in [6, 6.07) is 0. The minimum atomic E-state index is 0.306. The molecule has 18 heavy (non-hydrogen) atoms. The van der Waals surface area contributed by atoms with E-state index in [0.717, 1.165) is 19.6 Å². The molecule has 0 bridgehead atoms. The summed E-state index contributed by atoms with van der Waals surface area (Å²) in [5.74, 6) is 1.14. The van der Waals surface area contributed by atoms with Gasteiger partial charge in [0.05, 0.1) is 7.11 Å². The lowest BCUT2D eigenvalue weighted by Gasteiger charge is -2.26. The maximum atomic E-state index is 5.68. The third kappa shape index (κ3) is 3.22. The zero-order valence-electron chi connectivity index (χ0n) is 10.8. The molecule has 1 aliphatic rings. The first-order chi connectivity index (χ1) is 8.81. The molecule has 1 aromatic heterocycles. The Bertz CT molecular complexity index is 380. The normalized spacial score (nSPS) is 16.5. The van der Waals surface area contributed by atoms with Gasteiger partial charge in [0.15, 0.2) is 5.82 Å². The average Bonchev–Trinajstić information content (AvgIpc) is 2.40. The highest BCUT2D eigenvalue weighted by atomic mass is 16.5. The van der Waals surface area contributed by atoms with E-state index in [1.54, 1.807) is 0 Å². The van der Waals surface area contributed by atoms with E-state index in [1.807, 2.05) is 0 Å². The zero-order valence-corrected chi connectivity index (χ0v) is 10.8. The SMILES string of the molecule is COc1c(N)ncnc1OCCN1CCCCC1. The fourth-order valence-electron chi connectivity index (χ4n) is 2.12. The van der Waals surface area contributed by atoms with Gasteiger partial charge in [-0.1, -0.05) is 6.42 Å². The van der Waals surface area contributed by atoms with Crippen LogP contribution in [0.15, 0.2) is 6.33 Å². The lowest BCUT2D eigenvalue weighted by atomic mass is 10.1. The number of hydrogen-bond donors (Lipinski definition) is 1. The topological polar surface area (TPSA) is 73.5 Å². The maximum absolute atomic E-state index is 5.68. The number of hydrogen-bond acceptors (Lipinski definition) is 6. The van der Waals surface area contributed by atoms with Gasteiger partial charge >= 0.3 is 0 Å². The van der Waals surface area contributed by atoms with E-state index < -0.39 is 0 Å². The fraction of sp³-hybridized carbons (Fsp3) is 0.667. The van der Waals surface area contributed by atoms with Crippen LogP contribution < -0.4 is 15.2 Å². The number of nitrogen functional groups attached to an aromatic ring is 1. The van der Waals surface area contributed by atoms with Crippen molar-refractivity contribution in [1.82, 2.24) is 14.9 Å². The molecule has 0 spiro atoms. The third-order valence-corrected chi connectivity index (χ3v) is 3.10. The molecular formula is C12H20N4O2. The number of anilines is 1. The van der Waals surface area contributed by atoms with Crippen LogP contribution >= 0.6 is 0 Å². The highest BCUT2D eigenvalue weighted by Crippen LogP contribution is 2.28. The van der Waals surface area contributed by atoms with Gasteiger partial charge in [0.2, 0.25) is 5.75 Å². The van der Waals surface area contributed by atoms with Crippen LogP contribution in [0.2, 0.25) is 0 Å². The molecule has 0 aliphatic carbocycles. The minimum Gasteiger partial charge on any atom is -0.489 e. The van der Waals surface area contributed by atoms with Crippen molar-refractivity contribution in [2.24, 2.45) is 0 Å². The molecule has 0 atom stereocenters. The van der Waals surface area contributed by atoms with E-state index in [2.05, 4.69) is 14.9 Å². The Morgan fingerprint density at radius 1 is 1.28 bits per heavy atom. The molecule has 100 valence electrons. The zero-order chi connectivity index (χ0) is 12.8. The van der Waals surface area contributed by atoms with Gasteiger partial charge in [-0.05, 0) is 25.9 Å². The number of nitrogens with zero attached hydrogens (tertiary/aromatic N) is 3. The number of ether oxygens (including phenoxy) is 2. The van der Waals surface area contributed by atoms with Gasteiger partial charge in [-0.25, -0.2) is 4.98 Å². The summed E-state index contributed by atoms with van der Waals surface area (Å²) in [6.45, 7) is 3.82. The first-order valence-electron chi connectivity index (χ1n) is 6.31. The standard InChI is InChI=1S/C12H20N4O2/c1-17-10-11(13)14-9-15-12(10)18-8-7-16-5-3-2-4-6-16/h9H,2-8H2,1H3,(H2,13,14,15). The molecule has 0 aromatic carbocycles. The second kappa shape index (κ2) is 6.39. The van der Waals surface area contributed by atoms with E-state index >= 15 is 0 Å². The fourth-order valence-corrected chi connectivity index (χ4v) is 2.12. The van der Waals surface area contributed by atoms with E-state index in [4.69, 9.17) is 15.2 Å². The van der Waals surface area contributed by atoms with Crippen molar-refractivity contribution in [3.8, 4) is 11.6 Å². The molecule has 1 aliphatic heterocycles. The Morgan fingerprint density at radius 2 is 2.06 bits per heavy atom. The van der Waals surface area contributed by atoms with Crippen LogP contribution in [0, 0.1) is 0 Å². The number of likely N-dealkylation sites (tertiary alicyclic amines) is 1.